The van der Waals surface area contributed by atoms with E-state index in [1.165, 1.54) is 15.7 Å². The molecule has 11 heteroatoms. The van der Waals surface area contributed by atoms with E-state index in [2.05, 4.69) is 32.3 Å². The third-order valence-corrected chi connectivity index (χ3v) is 4.55. The Hall–Kier alpha value is -2.66. The minimum Gasteiger partial charge on any atom is -0.369 e. The van der Waals surface area contributed by atoms with Gasteiger partial charge in [0.2, 0.25) is 9.54 Å². The summed E-state index contributed by atoms with van der Waals surface area (Å²) in [6.45, 7) is 2.05. The summed E-state index contributed by atoms with van der Waals surface area (Å²) in [6, 6.07) is 10.1. The highest BCUT2D eigenvalue weighted by atomic mass is 32.1. The van der Waals surface area contributed by atoms with Gasteiger partial charge < -0.3 is 16.6 Å². The topological polar surface area (TPSA) is 112 Å². The molecule has 0 atom stereocenters. The molecule has 0 saturated carbocycles. The van der Waals surface area contributed by atoms with Gasteiger partial charge in [0, 0.05) is 25.2 Å². The molecule has 0 bridgehead atoms. The molecule has 25 heavy (non-hydrogen) atoms. The van der Waals surface area contributed by atoms with Gasteiger partial charge in [-0.3, -0.25) is 5.10 Å². The average molecular weight is 378 g/mol. The van der Waals surface area contributed by atoms with Crippen LogP contribution in [-0.4, -0.2) is 42.4 Å². The lowest BCUT2D eigenvalue weighted by Gasteiger charge is -2.24. The van der Waals surface area contributed by atoms with E-state index in [0.717, 1.165) is 12.2 Å². The number of anilines is 1. The van der Waals surface area contributed by atoms with Crippen molar-refractivity contribution in [1.82, 2.24) is 29.3 Å². The zero-order valence-electron chi connectivity index (χ0n) is 13.4. The summed E-state index contributed by atoms with van der Waals surface area (Å²) in [5.74, 6) is 12.3. The Labute approximate surface area is 154 Å². The summed E-state index contributed by atoms with van der Waals surface area (Å²) in [5, 5.41) is 11.0. The Balaban J connectivity index is 1.73. The largest absolute Gasteiger partial charge is 0.369 e. The zero-order valence-corrected chi connectivity index (χ0v) is 15.1. The SMILES string of the molecule is Nn1cnn(CCN(CCc2n[nH]c(=S)n2N)c2ccccc2)c1=S. The summed E-state index contributed by atoms with van der Waals surface area (Å²) < 4.78 is 5.31. The van der Waals surface area contributed by atoms with Crippen molar-refractivity contribution in [3.8, 4) is 0 Å². The monoisotopic (exact) mass is 377 g/mol. The molecule has 1 aromatic carbocycles. The van der Waals surface area contributed by atoms with Gasteiger partial charge in [-0.1, -0.05) is 18.2 Å². The highest BCUT2D eigenvalue weighted by Gasteiger charge is 2.11. The van der Waals surface area contributed by atoms with Gasteiger partial charge in [0.15, 0.2) is 5.82 Å². The third-order valence-electron chi connectivity index (χ3n) is 3.84. The van der Waals surface area contributed by atoms with Crippen LogP contribution in [0.1, 0.15) is 5.82 Å². The Morgan fingerprint density at radius 1 is 1.12 bits per heavy atom. The van der Waals surface area contributed by atoms with Crippen molar-refractivity contribution in [2.45, 2.75) is 13.0 Å². The van der Waals surface area contributed by atoms with Crippen molar-refractivity contribution in [2.75, 3.05) is 29.7 Å². The molecule has 2 heterocycles. The van der Waals surface area contributed by atoms with Crippen molar-refractivity contribution in [2.24, 2.45) is 0 Å². The maximum absolute atomic E-state index is 5.87. The number of benzene rings is 1. The fourth-order valence-electron chi connectivity index (χ4n) is 2.48. The summed E-state index contributed by atoms with van der Waals surface area (Å²) >= 11 is 10.3. The zero-order chi connectivity index (χ0) is 17.8. The molecule has 132 valence electrons. The van der Waals surface area contributed by atoms with Crippen LogP contribution < -0.4 is 16.6 Å². The van der Waals surface area contributed by atoms with E-state index < -0.39 is 0 Å². The normalized spacial score (nSPS) is 10.9. The number of para-hydroxylation sites is 1. The summed E-state index contributed by atoms with van der Waals surface area (Å²) in [5.41, 5.74) is 1.10. The second-order valence-electron chi connectivity index (χ2n) is 5.43. The predicted octanol–water partition coefficient (Wildman–Crippen LogP) is 0.845. The van der Waals surface area contributed by atoms with Gasteiger partial charge in [0.25, 0.3) is 0 Å². The highest BCUT2D eigenvalue weighted by Crippen LogP contribution is 2.14. The van der Waals surface area contributed by atoms with Gasteiger partial charge in [-0.15, -0.1) is 0 Å². The highest BCUT2D eigenvalue weighted by molar-refractivity contribution is 7.71. The Morgan fingerprint density at radius 2 is 1.88 bits per heavy atom. The molecular formula is C14H19N9S2. The lowest BCUT2D eigenvalue weighted by atomic mass is 10.2. The van der Waals surface area contributed by atoms with E-state index in [-0.39, 0.29) is 0 Å². The first-order valence-corrected chi connectivity index (χ1v) is 8.49. The third kappa shape index (κ3) is 3.88. The summed E-state index contributed by atoms with van der Waals surface area (Å²) in [7, 11) is 0. The molecule has 3 rings (SSSR count). The molecule has 0 saturated heterocycles. The van der Waals surface area contributed by atoms with Crippen LogP contribution in [0.15, 0.2) is 36.7 Å². The van der Waals surface area contributed by atoms with Crippen molar-refractivity contribution in [3.63, 3.8) is 0 Å². The molecule has 0 aliphatic rings. The fourth-order valence-corrected chi connectivity index (χ4v) is 2.81. The van der Waals surface area contributed by atoms with Gasteiger partial charge in [-0.2, -0.15) is 10.2 Å². The van der Waals surface area contributed by atoms with Crippen LogP contribution >= 0.6 is 24.4 Å². The molecule has 0 aliphatic carbocycles. The molecule has 5 N–H and O–H groups in total. The number of rotatable bonds is 7. The number of hydrogen-bond donors (Lipinski definition) is 3. The summed E-state index contributed by atoms with van der Waals surface area (Å²) in [6.07, 6.45) is 2.15. The first-order chi connectivity index (χ1) is 12.1. The van der Waals surface area contributed by atoms with Gasteiger partial charge in [0.05, 0.1) is 6.54 Å². The molecule has 0 unspecified atom stereocenters. The number of hydrogen-bond acceptors (Lipinski definition) is 7. The minimum absolute atomic E-state index is 0.404. The van der Waals surface area contributed by atoms with Crippen LogP contribution in [0.5, 0.6) is 0 Å². The number of H-pyrrole nitrogens is 1. The van der Waals surface area contributed by atoms with Gasteiger partial charge in [-0.05, 0) is 36.6 Å². The Kier molecular flexibility index (Phi) is 5.14. The molecular weight excluding hydrogens is 358 g/mol. The molecule has 0 radical (unpaired) electrons. The lowest BCUT2D eigenvalue weighted by molar-refractivity contribution is 0.581. The molecule has 0 amide bonds. The van der Waals surface area contributed by atoms with Crippen LogP contribution in [0, 0.1) is 9.54 Å². The molecule has 0 spiro atoms. The van der Waals surface area contributed by atoms with Crippen LogP contribution in [0.2, 0.25) is 0 Å². The van der Waals surface area contributed by atoms with E-state index in [9.17, 15) is 0 Å². The van der Waals surface area contributed by atoms with Gasteiger partial charge in [0.1, 0.15) is 6.33 Å². The molecule has 2 aromatic heterocycles. The van der Waals surface area contributed by atoms with E-state index in [0.29, 0.717) is 34.9 Å². The predicted molar refractivity (Wildman–Crippen MR) is 101 cm³/mol. The van der Waals surface area contributed by atoms with Crippen molar-refractivity contribution >= 4 is 30.1 Å². The molecule has 0 fully saturated rings. The number of nitrogens with two attached hydrogens (primary N) is 2. The lowest BCUT2D eigenvalue weighted by Crippen LogP contribution is -2.31. The molecule has 9 nitrogen and oxygen atoms in total. The van der Waals surface area contributed by atoms with Crippen LogP contribution in [0.4, 0.5) is 5.69 Å². The first kappa shape index (κ1) is 17.2. The van der Waals surface area contributed by atoms with Gasteiger partial charge >= 0.3 is 0 Å². The van der Waals surface area contributed by atoms with E-state index in [4.69, 9.17) is 36.1 Å². The molecule has 0 aliphatic heterocycles. The van der Waals surface area contributed by atoms with Crippen LogP contribution in [-0.2, 0) is 13.0 Å². The average Bonchev–Trinajstić information content (AvgIpc) is 3.12. The fraction of sp³-hybridized carbons (Fsp3) is 0.286. The first-order valence-electron chi connectivity index (χ1n) is 7.67. The van der Waals surface area contributed by atoms with E-state index in [1.807, 2.05) is 18.2 Å². The number of nitrogens with zero attached hydrogens (tertiary/aromatic N) is 6. The smallest absolute Gasteiger partial charge is 0.216 e. The van der Waals surface area contributed by atoms with Crippen molar-refractivity contribution in [3.05, 3.63) is 52.0 Å². The standard InChI is InChI=1S/C14H19N9S2/c15-21-10-17-22(14(21)25)9-8-20(11-4-2-1-3-5-11)7-6-12-18-19-13(24)23(12)16/h1-5,10H,6-9,15-16H2,(H,19,24). The number of nitrogens with one attached hydrogen (secondary N) is 1. The number of nitrogen functional groups attached to an aromatic ring is 2. The Morgan fingerprint density at radius 3 is 2.48 bits per heavy atom. The number of aromatic amines is 1. The van der Waals surface area contributed by atoms with Crippen molar-refractivity contribution in [1.29, 1.82) is 0 Å². The quantitative estimate of drug-likeness (QED) is 0.413. The van der Waals surface area contributed by atoms with E-state index in [1.54, 1.807) is 4.68 Å². The number of aromatic nitrogens is 6. The van der Waals surface area contributed by atoms with Crippen molar-refractivity contribution < 1.29 is 0 Å². The maximum atomic E-state index is 5.87. The minimum atomic E-state index is 0.404. The molecule has 3 aromatic rings. The van der Waals surface area contributed by atoms with Crippen LogP contribution in [0.25, 0.3) is 0 Å². The van der Waals surface area contributed by atoms with Gasteiger partial charge in [-0.25, -0.2) is 14.0 Å². The summed E-state index contributed by atoms with van der Waals surface area (Å²) in [4.78, 5) is 2.22. The Bertz CT molecular complexity index is 937. The second kappa shape index (κ2) is 7.49. The van der Waals surface area contributed by atoms with Crippen LogP contribution in [0.3, 0.4) is 0 Å². The maximum Gasteiger partial charge on any atom is 0.216 e. The second-order valence-corrected chi connectivity index (χ2v) is 6.18. The van der Waals surface area contributed by atoms with E-state index >= 15 is 0 Å².